The molecule has 3 nitrogen and oxygen atoms in total. The summed E-state index contributed by atoms with van der Waals surface area (Å²) in [6, 6.07) is 4.84. The van der Waals surface area contributed by atoms with E-state index in [4.69, 9.17) is 5.73 Å². The third-order valence-corrected chi connectivity index (χ3v) is 1.29. The first-order valence-electron chi connectivity index (χ1n) is 3.99. The lowest BCUT2D eigenvalue weighted by atomic mass is 10.1. The Morgan fingerprint density at radius 1 is 1.46 bits per heavy atom. The highest BCUT2D eigenvalue weighted by Crippen LogP contribution is 1.93. The van der Waals surface area contributed by atoms with E-state index in [1.54, 1.807) is 26.0 Å². The highest BCUT2D eigenvalue weighted by molar-refractivity contribution is 5.30. The summed E-state index contributed by atoms with van der Waals surface area (Å²) in [6.07, 6.45) is 0. The molecule has 1 aromatic rings. The molecule has 1 aromatic heterocycles. The third kappa shape index (κ3) is 3.59. The summed E-state index contributed by atoms with van der Waals surface area (Å²) in [5.41, 5.74) is 5.56. The Hall–Kier alpha value is -1.53. The van der Waals surface area contributed by atoms with Gasteiger partial charge >= 0.3 is 0 Å². The van der Waals surface area contributed by atoms with Gasteiger partial charge in [-0.05, 0) is 25.8 Å². The molecule has 0 saturated heterocycles. The van der Waals surface area contributed by atoms with Crippen LogP contribution in [-0.4, -0.2) is 10.5 Å². The molecule has 13 heavy (non-hydrogen) atoms. The molecule has 0 unspecified atom stereocenters. The van der Waals surface area contributed by atoms with Crippen LogP contribution < -0.4 is 11.3 Å². The second kappa shape index (κ2) is 3.46. The number of hydrogen-bond donors (Lipinski definition) is 2. The van der Waals surface area contributed by atoms with Gasteiger partial charge in [0.05, 0.1) is 11.2 Å². The summed E-state index contributed by atoms with van der Waals surface area (Å²) in [5, 5.41) is 0. The molecule has 1 rings (SSSR count). The second-order valence-corrected chi connectivity index (χ2v) is 3.40. The molecule has 0 aliphatic heterocycles. The number of aromatic nitrogens is 1. The first-order valence-corrected chi connectivity index (χ1v) is 3.99. The van der Waals surface area contributed by atoms with Crippen LogP contribution in [0, 0.1) is 11.8 Å². The normalized spacial score (nSPS) is 10.4. The van der Waals surface area contributed by atoms with E-state index in [0.717, 1.165) is 0 Å². The van der Waals surface area contributed by atoms with Crippen molar-refractivity contribution in [2.75, 3.05) is 0 Å². The van der Waals surface area contributed by atoms with Crippen LogP contribution in [0.5, 0.6) is 0 Å². The zero-order valence-corrected chi connectivity index (χ0v) is 7.72. The van der Waals surface area contributed by atoms with Crippen molar-refractivity contribution in [1.29, 1.82) is 0 Å². The van der Waals surface area contributed by atoms with Crippen molar-refractivity contribution in [1.82, 2.24) is 4.98 Å². The van der Waals surface area contributed by atoms with Gasteiger partial charge in [0.25, 0.3) is 0 Å². The molecule has 0 radical (unpaired) electrons. The molecule has 0 spiro atoms. The Morgan fingerprint density at radius 3 is 2.69 bits per heavy atom. The molecule has 0 amide bonds. The molecule has 68 valence electrons. The number of H-pyrrole nitrogens is 1. The number of pyridine rings is 1. The molecule has 0 saturated carbocycles. The predicted molar refractivity (Wildman–Crippen MR) is 52.2 cm³/mol. The minimum Gasteiger partial charge on any atom is -0.316 e. The van der Waals surface area contributed by atoms with E-state index in [0.29, 0.717) is 5.69 Å². The molecule has 0 fully saturated rings. The lowest BCUT2D eigenvalue weighted by Crippen LogP contribution is -2.29. The summed E-state index contributed by atoms with van der Waals surface area (Å²) in [5.74, 6) is 5.62. The van der Waals surface area contributed by atoms with Crippen LogP contribution in [-0.2, 0) is 0 Å². The average molecular weight is 176 g/mol. The average Bonchev–Trinajstić information content (AvgIpc) is 2.00. The van der Waals surface area contributed by atoms with Gasteiger partial charge < -0.3 is 10.7 Å². The second-order valence-electron chi connectivity index (χ2n) is 3.40. The highest BCUT2D eigenvalue weighted by atomic mass is 16.1. The largest absolute Gasteiger partial charge is 0.316 e. The molecule has 3 heteroatoms. The summed E-state index contributed by atoms with van der Waals surface area (Å²) in [7, 11) is 0. The van der Waals surface area contributed by atoms with Gasteiger partial charge in [-0.15, -0.1) is 0 Å². The Morgan fingerprint density at radius 2 is 2.15 bits per heavy atom. The molecular weight excluding hydrogens is 164 g/mol. The van der Waals surface area contributed by atoms with Gasteiger partial charge in [-0.25, -0.2) is 0 Å². The fraction of sp³-hybridized carbons (Fsp3) is 0.300. The van der Waals surface area contributed by atoms with Gasteiger partial charge in [-0.2, -0.15) is 0 Å². The molecule has 0 aromatic carbocycles. The molecule has 0 aliphatic rings. The first-order chi connectivity index (χ1) is 5.97. The molecular formula is C10H12N2O. The van der Waals surface area contributed by atoms with Crippen molar-refractivity contribution in [3.05, 3.63) is 34.2 Å². The molecule has 0 aliphatic carbocycles. The zero-order chi connectivity index (χ0) is 9.90. The van der Waals surface area contributed by atoms with Gasteiger partial charge in [-0.3, -0.25) is 4.79 Å². The molecule has 0 atom stereocenters. The van der Waals surface area contributed by atoms with Crippen LogP contribution >= 0.6 is 0 Å². The van der Waals surface area contributed by atoms with Crippen LogP contribution in [0.4, 0.5) is 0 Å². The van der Waals surface area contributed by atoms with E-state index in [9.17, 15) is 4.79 Å². The van der Waals surface area contributed by atoms with Gasteiger partial charge in [0.15, 0.2) is 0 Å². The van der Waals surface area contributed by atoms with Gasteiger partial charge in [0.1, 0.15) is 0 Å². The number of nitrogens with two attached hydrogens (primary N) is 1. The maximum Gasteiger partial charge on any atom is 0.248 e. The lowest BCUT2D eigenvalue weighted by Gasteiger charge is -2.07. The minimum absolute atomic E-state index is 0.151. The fourth-order valence-electron chi connectivity index (χ4n) is 0.749. The maximum absolute atomic E-state index is 10.9. The van der Waals surface area contributed by atoms with Crippen molar-refractivity contribution < 1.29 is 0 Å². The van der Waals surface area contributed by atoms with Gasteiger partial charge in [0, 0.05) is 6.07 Å². The summed E-state index contributed by atoms with van der Waals surface area (Å²) >= 11 is 0. The molecule has 1 heterocycles. The van der Waals surface area contributed by atoms with Crippen molar-refractivity contribution in [2.45, 2.75) is 19.4 Å². The molecule has 3 N–H and O–H groups in total. The number of rotatable bonds is 0. The number of aromatic amines is 1. The van der Waals surface area contributed by atoms with Crippen LogP contribution in [0.15, 0.2) is 23.0 Å². The Bertz CT molecular complexity index is 401. The van der Waals surface area contributed by atoms with Crippen LogP contribution in [0.25, 0.3) is 0 Å². The van der Waals surface area contributed by atoms with Gasteiger partial charge in [-0.1, -0.05) is 12.0 Å². The first kappa shape index (κ1) is 9.56. The Labute approximate surface area is 77.0 Å². The van der Waals surface area contributed by atoms with Crippen molar-refractivity contribution in [3.8, 4) is 11.8 Å². The quantitative estimate of drug-likeness (QED) is 0.564. The van der Waals surface area contributed by atoms with Crippen LogP contribution in [0.3, 0.4) is 0 Å². The van der Waals surface area contributed by atoms with Crippen molar-refractivity contribution in [2.24, 2.45) is 5.73 Å². The minimum atomic E-state index is -0.535. The lowest BCUT2D eigenvalue weighted by molar-refractivity contribution is 0.680. The summed E-state index contributed by atoms with van der Waals surface area (Å²) in [6.45, 7) is 3.61. The highest BCUT2D eigenvalue weighted by Gasteiger charge is 2.03. The van der Waals surface area contributed by atoms with E-state index in [-0.39, 0.29) is 5.56 Å². The topological polar surface area (TPSA) is 58.9 Å². The standard InChI is InChI=1S/C10H12N2O/c1-10(2,11)7-6-8-4-3-5-9(13)12-8/h3-5H,11H2,1-2H3,(H,12,13). The molecule has 0 bridgehead atoms. The van der Waals surface area contributed by atoms with Crippen LogP contribution in [0.2, 0.25) is 0 Å². The van der Waals surface area contributed by atoms with Gasteiger partial charge in [0.2, 0.25) is 5.56 Å². The van der Waals surface area contributed by atoms with E-state index in [2.05, 4.69) is 16.8 Å². The van der Waals surface area contributed by atoms with E-state index in [1.165, 1.54) is 6.07 Å². The van der Waals surface area contributed by atoms with Crippen LogP contribution in [0.1, 0.15) is 19.5 Å². The third-order valence-electron chi connectivity index (χ3n) is 1.29. The monoisotopic (exact) mass is 176 g/mol. The van der Waals surface area contributed by atoms with Crippen molar-refractivity contribution in [3.63, 3.8) is 0 Å². The Balaban J connectivity index is 2.97. The maximum atomic E-state index is 10.9. The Kier molecular flexibility index (Phi) is 2.54. The summed E-state index contributed by atoms with van der Waals surface area (Å²) < 4.78 is 0. The van der Waals surface area contributed by atoms with E-state index < -0.39 is 5.54 Å². The fourth-order valence-corrected chi connectivity index (χ4v) is 0.749. The zero-order valence-electron chi connectivity index (χ0n) is 7.72. The van der Waals surface area contributed by atoms with E-state index in [1.807, 2.05) is 0 Å². The smallest absolute Gasteiger partial charge is 0.248 e. The summed E-state index contributed by atoms with van der Waals surface area (Å²) in [4.78, 5) is 13.5. The SMILES string of the molecule is CC(C)(N)C#Cc1cccc(=O)[nH]1. The van der Waals surface area contributed by atoms with Crippen molar-refractivity contribution >= 4 is 0 Å². The number of hydrogen-bond acceptors (Lipinski definition) is 2. The van der Waals surface area contributed by atoms with E-state index >= 15 is 0 Å². The predicted octanol–water partition coefficient (Wildman–Crippen LogP) is 0.464. The number of nitrogens with one attached hydrogen (secondary N) is 1.